The first-order valence-corrected chi connectivity index (χ1v) is 8.39. The molecule has 7 heteroatoms. The van der Waals surface area contributed by atoms with E-state index < -0.39 is 0 Å². The van der Waals surface area contributed by atoms with Crippen molar-refractivity contribution in [2.45, 2.75) is 12.8 Å². The Labute approximate surface area is 129 Å². The largest absolute Gasteiger partial charge is 0.369 e. The zero-order valence-electron chi connectivity index (χ0n) is 10.6. The van der Waals surface area contributed by atoms with E-state index in [0.29, 0.717) is 35.8 Å². The van der Waals surface area contributed by atoms with Crippen molar-refractivity contribution in [1.82, 2.24) is 4.90 Å². The fourth-order valence-corrected chi connectivity index (χ4v) is 5.03. The number of carbonyl (C=O) groups is 2. The Bertz CT molecular complexity index is 671. The van der Waals surface area contributed by atoms with Crippen LogP contribution in [-0.4, -0.2) is 29.8 Å². The summed E-state index contributed by atoms with van der Waals surface area (Å²) >= 11 is 9.32. The maximum atomic E-state index is 12.5. The summed E-state index contributed by atoms with van der Waals surface area (Å²) in [5.41, 5.74) is 5.30. The first kappa shape index (κ1) is 13.9. The average molecular weight is 329 g/mol. The van der Waals surface area contributed by atoms with E-state index in [2.05, 4.69) is 0 Å². The Morgan fingerprint density at radius 2 is 2.05 bits per heavy atom. The van der Waals surface area contributed by atoms with Crippen LogP contribution in [-0.2, 0) is 4.79 Å². The Morgan fingerprint density at radius 3 is 2.65 bits per heavy atom. The smallest absolute Gasteiger partial charge is 0.265 e. The molecule has 4 nitrogen and oxygen atoms in total. The molecule has 0 atom stereocenters. The average Bonchev–Trinajstić information content (AvgIpc) is 3.02. The third-order valence-corrected chi connectivity index (χ3v) is 6.38. The number of likely N-dealkylation sites (tertiary alicyclic amines) is 1. The second-order valence-electron chi connectivity index (χ2n) is 4.84. The van der Waals surface area contributed by atoms with Gasteiger partial charge in [0.05, 0.1) is 9.04 Å². The summed E-state index contributed by atoms with van der Waals surface area (Å²) in [4.78, 5) is 26.0. The maximum Gasteiger partial charge on any atom is 0.265 e. The molecule has 0 aliphatic carbocycles. The number of piperidine rings is 1. The molecule has 1 fully saturated rings. The Hall–Kier alpha value is -1.11. The normalized spacial score (nSPS) is 16.8. The number of nitrogens with two attached hydrogens (primary N) is 1. The van der Waals surface area contributed by atoms with Crippen LogP contribution >= 0.6 is 34.3 Å². The minimum absolute atomic E-state index is 0.0358. The van der Waals surface area contributed by atoms with Crippen molar-refractivity contribution in [2.24, 2.45) is 11.7 Å². The van der Waals surface area contributed by atoms with Gasteiger partial charge >= 0.3 is 0 Å². The zero-order valence-corrected chi connectivity index (χ0v) is 13.0. The first-order chi connectivity index (χ1) is 9.58. The van der Waals surface area contributed by atoms with Crippen molar-refractivity contribution in [3.05, 3.63) is 21.3 Å². The minimum atomic E-state index is -0.272. The molecule has 2 amide bonds. The maximum absolute atomic E-state index is 12.5. The van der Waals surface area contributed by atoms with Crippen LogP contribution in [0.1, 0.15) is 22.5 Å². The molecular weight excluding hydrogens is 316 g/mol. The second-order valence-corrected chi connectivity index (χ2v) is 7.41. The molecule has 2 aromatic heterocycles. The number of fused-ring (bicyclic) bond motifs is 1. The van der Waals surface area contributed by atoms with E-state index in [9.17, 15) is 9.59 Å². The van der Waals surface area contributed by atoms with Crippen LogP contribution < -0.4 is 5.73 Å². The molecular formula is C13H13ClN2O2S2. The Balaban J connectivity index is 1.78. The van der Waals surface area contributed by atoms with Gasteiger partial charge in [-0.15, -0.1) is 22.7 Å². The van der Waals surface area contributed by atoms with E-state index in [4.69, 9.17) is 17.3 Å². The number of hydrogen-bond donors (Lipinski definition) is 1. The van der Waals surface area contributed by atoms with Gasteiger partial charge in [-0.2, -0.15) is 0 Å². The first-order valence-electron chi connectivity index (χ1n) is 6.32. The molecule has 1 aliphatic rings. The van der Waals surface area contributed by atoms with Crippen molar-refractivity contribution in [1.29, 1.82) is 0 Å². The number of hydrogen-bond acceptors (Lipinski definition) is 4. The van der Waals surface area contributed by atoms with E-state index in [-0.39, 0.29) is 17.7 Å². The quantitative estimate of drug-likeness (QED) is 0.921. The highest BCUT2D eigenvalue weighted by Crippen LogP contribution is 2.39. The number of nitrogens with zero attached hydrogens (tertiary/aromatic N) is 1. The van der Waals surface area contributed by atoms with Crippen LogP contribution in [0.25, 0.3) is 9.40 Å². The van der Waals surface area contributed by atoms with Gasteiger partial charge in [0, 0.05) is 24.4 Å². The van der Waals surface area contributed by atoms with Crippen LogP contribution in [0.15, 0.2) is 11.4 Å². The number of thiophene rings is 2. The molecule has 2 N–H and O–H groups in total. The summed E-state index contributed by atoms with van der Waals surface area (Å²) in [6.45, 7) is 1.13. The number of carbonyl (C=O) groups excluding carboxylic acids is 2. The molecule has 0 unspecified atom stereocenters. The molecule has 1 aliphatic heterocycles. The summed E-state index contributed by atoms with van der Waals surface area (Å²) in [6.07, 6.45) is 1.27. The molecule has 1 saturated heterocycles. The summed E-state index contributed by atoms with van der Waals surface area (Å²) in [5.74, 6) is -0.417. The van der Waals surface area contributed by atoms with Crippen molar-refractivity contribution < 1.29 is 9.59 Å². The van der Waals surface area contributed by atoms with Crippen LogP contribution in [0.3, 0.4) is 0 Å². The molecule has 0 bridgehead atoms. The lowest BCUT2D eigenvalue weighted by Crippen LogP contribution is -2.41. The lowest BCUT2D eigenvalue weighted by atomic mass is 9.96. The summed E-state index contributed by atoms with van der Waals surface area (Å²) in [6, 6.07) is 1.94. The molecule has 0 radical (unpaired) electrons. The molecule has 0 spiro atoms. The van der Waals surface area contributed by atoms with Crippen molar-refractivity contribution in [3.63, 3.8) is 0 Å². The predicted molar refractivity (Wildman–Crippen MR) is 82.5 cm³/mol. The number of amides is 2. The number of primary amides is 1. The van der Waals surface area contributed by atoms with Gasteiger partial charge in [0.25, 0.3) is 5.91 Å². The zero-order chi connectivity index (χ0) is 14.3. The van der Waals surface area contributed by atoms with Crippen LogP contribution in [0, 0.1) is 5.92 Å². The monoisotopic (exact) mass is 328 g/mol. The standard InChI is InChI=1S/C13H13ClN2O2S2/c14-9-8-3-6-19-13(8)20-10(9)12(18)16-4-1-7(2-5-16)11(15)17/h3,6-7H,1-2,4-5H2,(H2,15,17). The Morgan fingerprint density at radius 1 is 1.35 bits per heavy atom. The van der Waals surface area contributed by atoms with Crippen LogP contribution in [0.5, 0.6) is 0 Å². The van der Waals surface area contributed by atoms with Gasteiger partial charge in [-0.3, -0.25) is 9.59 Å². The van der Waals surface area contributed by atoms with Crippen molar-refractivity contribution in [3.8, 4) is 0 Å². The molecule has 2 aromatic rings. The van der Waals surface area contributed by atoms with Gasteiger partial charge in [0.15, 0.2) is 0 Å². The topological polar surface area (TPSA) is 63.4 Å². The van der Waals surface area contributed by atoms with Crippen molar-refractivity contribution in [2.75, 3.05) is 13.1 Å². The Kier molecular flexibility index (Phi) is 3.70. The van der Waals surface area contributed by atoms with Gasteiger partial charge in [-0.1, -0.05) is 11.6 Å². The van der Waals surface area contributed by atoms with Gasteiger partial charge in [0.2, 0.25) is 5.91 Å². The third kappa shape index (κ3) is 2.32. The van der Waals surface area contributed by atoms with Gasteiger partial charge in [-0.25, -0.2) is 0 Å². The van der Waals surface area contributed by atoms with E-state index in [1.807, 2.05) is 11.4 Å². The van der Waals surface area contributed by atoms with Crippen LogP contribution in [0.4, 0.5) is 0 Å². The van der Waals surface area contributed by atoms with Crippen molar-refractivity contribution >= 4 is 55.5 Å². The van der Waals surface area contributed by atoms with E-state index in [1.165, 1.54) is 11.3 Å². The summed E-state index contributed by atoms with van der Waals surface area (Å²) < 4.78 is 1.07. The lowest BCUT2D eigenvalue weighted by Gasteiger charge is -2.30. The fourth-order valence-electron chi connectivity index (χ4n) is 2.45. The fraction of sp³-hybridized carbons (Fsp3) is 0.385. The van der Waals surface area contributed by atoms with E-state index in [0.717, 1.165) is 9.40 Å². The molecule has 0 saturated carbocycles. The van der Waals surface area contributed by atoms with Crippen LogP contribution in [0.2, 0.25) is 5.02 Å². The lowest BCUT2D eigenvalue weighted by molar-refractivity contribution is -0.123. The molecule has 0 aromatic carbocycles. The minimum Gasteiger partial charge on any atom is -0.369 e. The van der Waals surface area contributed by atoms with E-state index >= 15 is 0 Å². The summed E-state index contributed by atoms with van der Waals surface area (Å²) in [7, 11) is 0. The molecule has 3 heterocycles. The number of rotatable bonds is 2. The van der Waals surface area contributed by atoms with Gasteiger partial charge in [0.1, 0.15) is 4.88 Å². The summed E-state index contributed by atoms with van der Waals surface area (Å²) in [5, 5.41) is 3.48. The molecule has 106 valence electrons. The SMILES string of the molecule is NC(=O)C1CCN(C(=O)c2sc3sccc3c2Cl)CC1. The molecule has 20 heavy (non-hydrogen) atoms. The number of halogens is 1. The highest BCUT2D eigenvalue weighted by molar-refractivity contribution is 7.38. The molecule has 3 rings (SSSR count). The highest BCUT2D eigenvalue weighted by Gasteiger charge is 2.28. The van der Waals surface area contributed by atoms with Gasteiger partial charge in [-0.05, 0) is 24.3 Å². The predicted octanol–water partition coefficient (Wildman–Crippen LogP) is 2.95. The second kappa shape index (κ2) is 5.35. The third-order valence-electron chi connectivity index (χ3n) is 3.64. The van der Waals surface area contributed by atoms with Gasteiger partial charge < -0.3 is 10.6 Å². The highest BCUT2D eigenvalue weighted by atomic mass is 35.5. The van der Waals surface area contributed by atoms with E-state index in [1.54, 1.807) is 16.2 Å².